The van der Waals surface area contributed by atoms with Crippen molar-refractivity contribution >= 4 is 28.3 Å². The highest BCUT2D eigenvalue weighted by Gasteiger charge is 2.14. The third-order valence-electron chi connectivity index (χ3n) is 4.85. The number of nitrogens with zero attached hydrogens (tertiary/aromatic N) is 1. The Balaban J connectivity index is 1.46. The molecule has 1 aromatic heterocycles. The molecule has 0 saturated heterocycles. The molecule has 7 heteroatoms. The summed E-state index contributed by atoms with van der Waals surface area (Å²) in [6, 6.07) is 13.1. The molecule has 0 atom stereocenters. The molecular weight excluding hydrogens is 386 g/mol. The smallest absolute Gasteiger partial charge is 0.257 e. The van der Waals surface area contributed by atoms with Gasteiger partial charge in [0.25, 0.3) is 11.8 Å². The summed E-state index contributed by atoms with van der Waals surface area (Å²) in [7, 11) is 0. The van der Waals surface area contributed by atoms with E-state index >= 15 is 0 Å². The fourth-order valence-electron chi connectivity index (χ4n) is 3.41. The second-order valence-electron chi connectivity index (χ2n) is 6.97. The number of nitrogens with one attached hydrogen (secondary N) is 1. The van der Waals surface area contributed by atoms with E-state index < -0.39 is 5.91 Å². The first kappa shape index (κ1) is 19.1. The lowest BCUT2D eigenvalue weighted by molar-refractivity contribution is -0.119. The Morgan fingerprint density at radius 2 is 1.93 bits per heavy atom. The molecule has 3 N–H and O–H groups in total. The highest BCUT2D eigenvalue weighted by molar-refractivity contribution is 7.14. The quantitative estimate of drug-likeness (QED) is 0.650. The summed E-state index contributed by atoms with van der Waals surface area (Å²) in [4.78, 5) is 28.0. The number of primary amides is 1. The van der Waals surface area contributed by atoms with Crippen LogP contribution in [0.5, 0.6) is 5.75 Å². The third-order valence-corrected chi connectivity index (χ3v) is 5.60. The number of ether oxygens (including phenoxy) is 1. The van der Waals surface area contributed by atoms with Gasteiger partial charge in [0.2, 0.25) is 0 Å². The van der Waals surface area contributed by atoms with Crippen LogP contribution in [0.15, 0.2) is 47.8 Å². The lowest BCUT2D eigenvalue weighted by Gasteiger charge is -2.16. The Kier molecular flexibility index (Phi) is 5.57. The van der Waals surface area contributed by atoms with Gasteiger partial charge < -0.3 is 10.5 Å². The third kappa shape index (κ3) is 4.63. The molecule has 0 aliphatic heterocycles. The van der Waals surface area contributed by atoms with Crippen LogP contribution in [0.3, 0.4) is 0 Å². The van der Waals surface area contributed by atoms with Crippen LogP contribution in [-0.2, 0) is 17.6 Å². The van der Waals surface area contributed by atoms with Gasteiger partial charge >= 0.3 is 0 Å². The van der Waals surface area contributed by atoms with E-state index in [1.165, 1.54) is 35.3 Å². The van der Waals surface area contributed by atoms with Crippen LogP contribution in [0.25, 0.3) is 11.3 Å². The Hall–Kier alpha value is -3.19. The summed E-state index contributed by atoms with van der Waals surface area (Å²) in [6.07, 6.45) is 4.76. The fourth-order valence-corrected chi connectivity index (χ4v) is 4.12. The first-order chi connectivity index (χ1) is 14.1. The van der Waals surface area contributed by atoms with Gasteiger partial charge in [0.1, 0.15) is 5.75 Å². The van der Waals surface area contributed by atoms with Gasteiger partial charge in [0, 0.05) is 16.5 Å². The zero-order valence-electron chi connectivity index (χ0n) is 15.8. The standard InChI is InChI=1S/C22H21N3O3S/c23-20(26)12-28-18-7-3-6-17(11-18)21(27)25-22-24-19(13-29-22)16-9-8-14-4-1-2-5-15(14)10-16/h3,6-11,13H,1-2,4-5,12H2,(H2,23,26)(H,24,25,27). The van der Waals surface area contributed by atoms with Crippen molar-refractivity contribution in [1.29, 1.82) is 0 Å². The summed E-state index contributed by atoms with van der Waals surface area (Å²) in [6.45, 7) is -0.234. The van der Waals surface area contributed by atoms with Crippen molar-refractivity contribution in [2.45, 2.75) is 25.7 Å². The molecule has 2 amide bonds. The summed E-state index contributed by atoms with van der Waals surface area (Å²) in [5.41, 5.74) is 10.3. The molecule has 0 bridgehead atoms. The molecule has 29 heavy (non-hydrogen) atoms. The number of nitrogens with two attached hydrogens (primary N) is 1. The lowest BCUT2D eigenvalue weighted by atomic mass is 9.90. The largest absolute Gasteiger partial charge is 0.484 e. The van der Waals surface area contributed by atoms with Crippen LogP contribution in [0.1, 0.15) is 34.3 Å². The number of hydrogen-bond donors (Lipinski definition) is 2. The minimum atomic E-state index is -0.572. The Labute approximate surface area is 172 Å². The van der Waals surface area contributed by atoms with E-state index in [-0.39, 0.29) is 12.5 Å². The summed E-state index contributed by atoms with van der Waals surface area (Å²) >= 11 is 1.39. The molecule has 3 aromatic rings. The molecule has 0 saturated carbocycles. The fraction of sp³-hybridized carbons (Fsp3) is 0.227. The Bertz CT molecular complexity index is 1060. The molecule has 0 spiro atoms. The number of benzene rings is 2. The lowest BCUT2D eigenvalue weighted by Crippen LogP contribution is -2.20. The maximum Gasteiger partial charge on any atom is 0.257 e. The minimum absolute atomic E-state index is 0.234. The maximum atomic E-state index is 12.6. The van der Waals surface area contributed by atoms with E-state index in [0.717, 1.165) is 24.1 Å². The van der Waals surface area contributed by atoms with E-state index in [1.54, 1.807) is 24.3 Å². The van der Waals surface area contributed by atoms with Crippen molar-refractivity contribution in [3.63, 3.8) is 0 Å². The van der Waals surface area contributed by atoms with Gasteiger partial charge in [0.15, 0.2) is 11.7 Å². The van der Waals surface area contributed by atoms with Gasteiger partial charge in [-0.3, -0.25) is 14.9 Å². The average Bonchev–Trinajstić information content (AvgIpc) is 3.20. The summed E-state index contributed by atoms with van der Waals surface area (Å²) in [5.74, 6) is -0.455. The molecule has 1 heterocycles. The first-order valence-electron chi connectivity index (χ1n) is 9.49. The molecular formula is C22H21N3O3S. The number of thiazole rings is 1. The molecule has 1 aliphatic carbocycles. The van der Waals surface area contributed by atoms with Gasteiger partial charge in [-0.1, -0.05) is 18.2 Å². The van der Waals surface area contributed by atoms with E-state index in [2.05, 4.69) is 28.5 Å². The first-order valence-corrected chi connectivity index (χ1v) is 10.4. The normalized spacial score (nSPS) is 12.8. The van der Waals surface area contributed by atoms with Crippen LogP contribution in [0.4, 0.5) is 5.13 Å². The molecule has 2 aromatic carbocycles. The number of amides is 2. The monoisotopic (exact) mass is 407 g/mol. The second kappa shape index (κ2) is 8.45. The highest BCUT2D eigenvalue weighted by Crippen LogP contribution is 2.30. The molecule has 0 radical (unpaired) electrons. The van der Waals surface area contributed by atoms with Crippen LogP contribution in [0.2, 0.25) is 0 Å². The predicted molar refractivity (Wildman–Crippen MR) is 113 cm³/mol. The van der Waals surface area contributed by atoms with E-state index in [9.17, 15) is 9.59 Å². The maximum absolute atomic E-state index is 12.6. The van der Waals surface area contributed by atoms with Crippen LogP contribution in [-0.4, -0.2) is 23.4 Å². The van der Waals surface area contributed by atoms with Crippen molar-refractivity contribution in [3.05, 3.63) is 64.5 Å². The van der Waals surface area contributed by atoms with Gasteiger partial charge in [-0.2, -0.15) is 0 Å². The second-order valence-corrected chi connectivity index (χ2v) is 7.82. The van der Waals surface area contributed by atoms with Crippen molar-refractivity contribution in [2.24, 2.45) is 5.73 Å². The predicted octanol–water partition coefficient (Wildman–Crippen LogP) is 3.81. The van der Waals surface area contributed by atoms with E-state index in [4.69, 9.17) is 10.5 Å². The Morgan fingerprint density at radius 1 is 1.10 bits per heavy atom. The zero-order chi connectivity index (χ0) is 20.2. The number of rotatable bonds is 6. The van der Waals surface area contributed by atoms with Gasteiger partial charge in [0.05, 0.1) is 5.69 Å². The number of carbonyl (C=O) groups excluding carboxylic acids is 2. The van der Waals surface area contributed by atoms with Gasteiger partial charge in [-0.25, -0.2) is 4.98 Å². The molecule has 0 unspecified atom stereocenters. The number of hydrogen-bond acceptors (Lipinski definition) is 5. The number of carbonyl (C=O) groups is 2. The molecule has 148 valence electrons. The van der Waals surface area contributed by atoms with Crippen molar-refractivity contribution in [3.8, 4) is 17.0 Å². The van der Waals surface area contributed by atoms with E-state index in [0.29, 0.717) is 16.4 Å². The van der Waals surface area contributed by atoms with Gasteiger partial charge in [-0.15, -0.1) is 11.3 Å². The number of fused-ring (bicyclic) bond motifs is 1. The van der Waals surface area contributed by atoms with Crippen LogP contribution >= 0.6 is 11.3 Å². The topological polar surface area (TPSA) is 94.3 Å². The SMILES string of the molecule is NC(=O)COc1cccc(C(=O)Nc2nc(-c3ccc4c(c3)CCCC4)cs2)c1. The molecule has 0 fully saturated rings. The zero-order valence-corrected chi connectivity index (χ0v) is 16.6. The van der Waals surface area contributed by atoms with Crippen molar-refractivity contribution in [1.82, 2.24) is 4.98 Å². The summed E-state index contributed by atoms with van der Waals surface area (Å²) < 4.78 is 5.25. The van der Waals surface area contributed by atoms with Gasteiger partial charge in [-0.05, 0) is 61.1 Å². The number of aryl methyl sites for hydroxylation is 2. The molecule has 6 nitrogen and oxygen atoms in total. The Morgan fingerprint density at radius 3 is 2.76 bits per heavy atom. The van der Waals surface area contributed by atoms with Crippen LogP contribution in [0, 0.1) is 0 Å². The minimum Gasteiger partial charge on any atom is -0.484 e. The molecule has 4 rings (SSSR count). The number of anilines is 1. The number of aromatic nitrogens is 1. The van der Waals surface area contributed by atoms with Crippen molar-refractivity contribution < 1.29 is 14.3 Å². The van der Waals surface area contributed by atoms with Crippen molar-refractivity contribution in [2.75, 3.05) is 11.9 Å². The molecule has 1 aliphatic rings. The highest BCUT2D eigenvalue weighted by atomic mass is 32.1. The average molecular weight is 407 g/mol. The summed E-state index contributed by atoms with van der Waals surface area (Å²) in [5, 5.41) is 5.31. The van der Waals surface area contributed by atoms with E-state index in [1.807, 2.05) is 5.38 Å². The van der Waals surface area contributed by atoms with Crippen LogP contribution < -0.4 is 15.8 Å².